The number of H-pyrrole nitrogens is 1. The molecule has 1 heterocycles. The molecule has 0 aliphatic heterocycles. The van der Waals surface area contributed by atoms with Gasteiger partial charge in [-0.2, -0.15) is 5.10 Å². The molecule has 3 aromatic rings. The summed E-state index contributed by atoms with van der Waals surface area (Å²) in [7, 11) is 1.41. The summed E-state index contributed by atoms with van der Waals surface area (Å²) in [6.07, 6.45) is 1.67. The monoisotopic (exact) mass is 339 g/mol. The number of nitrogens with zero attached hydrogens (tertiary/aromatic N) is 1. The van der Waals surface area contributed by atoms with E-state index in [-0.39, 0.29) is 17.7 Å². The summed E-state index contributed by atoms with van der Waals surface area (Å²) in [5.74, 6) is -0.499. The lowest BCUT2D eigenvalue weighted by molar-refractivity contribution is 0.0940. The fraction of sp³-hybridized carbons (Fsp3) is 0.158. The highest BCUT2D eigenvalue weighted by atomic mass is 19.1. The van der Waals surface area contributed by atoms with Crippen molar-refractivity contribution >= 4 is 5.91 Å². The molecule has 0 bridgehead atoms. The Labute approximate surface area is 144 Å². The van der Waals surface area contributed by atoms with Gasteiger partial charge in [-0.3, -0.25) is 9.89 Å². The lowest BCUT2D eigenvalue weighted by atomic mass is 10.1. The Morgan fingerprint density at radius 3 is 2.56 bits per heavy atom. The van der Waals surface area contributed by atoms with E-state index in [1.807, 2.05) is 18.2 Å². The van der Waals surface area contributed by atoms with Crippen molar-refractivity contribution in [2.45, 2.75) is 13.0 Å². The molecule has 1 aromatic heterocycles. The zero-order chi connectivity index (χ0) is 17.8. The normalized spacial score (nSPS) is 11.8. The molecule has 0 spiro atoms. The number of carbonyl (C=O) groups excluding carboxylic acids is 1. The second-order valence-electron chi connectivity index (χ2n) is 5.64. The fourth-order valence-electron chi connectivity index (χ4n) is 2.53. The van der Waals surface area contributed by atoms with E-state index in [1.165, 1.54) is 13.2 Å². The van der Waals surface area contributed by atoms with Gasteiger partial charge in [0.05, 0.1) is 18.8 Å². The summed E-state index contributed by atoms with van der Waals surface area (Å²) in [6.45, 7) is 1.80. The molecule has 128 valence electrons. The Morgan fingerprint density at radius 1 is 1.20 bits per heavy atom. The number of rotatable bonds is 5. The zero-order valence-electron chi connectivity index (χ0n) is 13.9. The minimum absolute atomic E-state index is 0.177. The van der Waals surface area contributed by atoms with E-state index in [2.05, 4.69) is 15.5 Å². The van der Waals surface area contributed by atoms with Crippen molar-refractivity contribution < 1.29 is 13.9 Å². The number of nitrogens with one attached hydrogen (secondary N) is 2. The number of hydrogen-bond acceptors (Lipinski definition) is 3. The molecule has 1 atom stereocenters. The second kappa shape index (κ2) is 7.17. The maximum Gasteiger partial charge on any atom is 0.251 e. The summed E-state index contributed by atoms with van der Waals surface area (Å²) < 4.78 is 18.7. The van der Waals surface area contributed by atoms with Gasteiger partial charge in [0, 0.05) is 11.8 Å². The SMILES string of the molecule is COc1ccc(C(C)NC(=O)c2ccc(-c3ccn[nH]3)cc2)cc1F. The molecule has 1 amide bonds. The molecule has 2 aromatic carbocycles. The van der Waals surface area contributed by atoms with Crippen molar-refractivity contribution in [1.82, 2.24) is 15.5 Å². The van der Waals surface area contributed by atoms with Gasteiger partial charge in [-0.05, 0) is 48.4 Å². The number of amides is 1. The molecule has 0 aliphatic rings. The number of methoxy groups -OCH3 is 1. The smallest absolute Gasteiger partial charge is 0.251 e. The zero-order valence-corrected chi connectivity index (χ0v) is 13.9. The van der Waals surface area contributed by atoms with Crippen molar-refractivity contribution in [3.05, 3.63) is 71.7 Å². The van der Waals surface area contributed by atoms with Crippen molar-refractivity contribution in [3.8, 4) is 17.0 Å². The van der Waals surface area contributed by atoms with Crippen LogP contribution in [0.1, 0.15) is 28.9 Å². The van der Waals surface area contributed by atoms with Crippen molar-refractivity contribution in [3.63, 3.8) is 0 Å². The minimum atomic E-state index is -0.454. The molecule has 2 N–H and O–H groups in total. The maximum absolute atomic E-state index is 13.8. The Morgan fingerprint density at radius 2 is 1.96 bits per heavy atom. The summed E-state index contributed by atoms with van der Waals surface area (Å²) in [4.78, 5) is 12.4. The molecule has 0 radical (unpaired) electrons. The average Bonchev–Trinajstić information content (AvgIpc) is 3.16. The molecule has 0 aliphatic carbocycles. The average molecular weight is 339 g/mol. The number of halogens is 1. The summed E-state index contributed by atoms with van der Waals surface area (Å²) in [6, 6.07) is 13.3. The first-order valence-corrected chi connectivity index (χ1v) is 7.82. The van der Waals surface area contributed by atoms with Gasteiger partial charge in [0.25, 0.3) is 5.91 Å². The highest BCUT2D eigenvalue weighted by Gasteiger charge is 2.14. The van der Waals surface area contributed by atoms with E-state index >= 15 is 0 Å². The van der Waals surface area contributed by atoms with Gasteiger partial charge >= 0.3 is 0 Å². The molecule has 3 rings (SSSR count). The van der Waals surface area contributed by atoms with E-state index in [1.54, 1.807) is 37.4 Å². The molecule has 0 saturated heterocycles. The molecule has 0 fully saturated rings. The van der Waals surface area contributed by atoms with Crippen LogP contribution in [0.25, 0.3) is 11.3 Å². The van der Waals surface area contributed by atoms with Gasteiger partial charge in [-0.25, -0.2) is 4.39 Å². The Hall–Kier alpha value is -3.15. The van der Waals surface area contributed by atoms with Crippen LogP contribution in [0.2, 0.25) is 0 Å². The van der Waals surface area contributed by atoms with E-state index in [4.69, 9.17) is 4.74 Å². The van der Waals surface area contributed by atoms with E-state index in [0.717, 1.165) is 11.3 Å². The van der Waals surface area contributed by atoms with Gasteiger partial charge in [0.1, 0.15) is 0 Å². The predicted octanol–water partition coefficient (Wildman–Crippen LogP) is 3.72. The molecule has 1 unspecified atom stereocenters. The van der Waals surface area contributed by atoms with Gasteiger partial charge < -0.3 is 10.1 Å². The number of carbonyl (C=O) groups is 1. The van der Waals surface area contributed by atoms with Crippen LogP contribution in [0.4, 0.5) is 4.39 Å². The first kappa shape index (κ1) is 16.7. The number of ether oxygens (including phenoxy) is 1. The van der Waals surface area contributed by atoms with Crippen LogP contribution in [-0.4, -0.2) is 23.2 Å². The summed E-state index contributed by atoms with van der Waals surface area (Å²) >= 11 is 0. The summed E-state index contributed by atoms with van der Waals surface area (Å²) in [5.41, 5.74) is 3.03. The third kappa shape index (κ3) is 3.68. The molecule has 25 heavy (non-hydrogen) atoms. The van der Waals surface area contributed by atoms with Gasteiger partial charge in [-0.15, -0.1) is 0 Å². The Kier molecular flexibility index (Phi) is 4.79. The van der Waals surface area contributed by atoms with E-state index in [9.17, 15) is 9.18 Å². The topological polar surface area (TPSA) is 67.0 Å². The minimum Gasteiger partial charge on any atom is -0.494 e. The van der Waals surface area contributed by atoms with Gasteiger partial charge in [-0.1, -0.05) is 18.2 Å². The predicted molar refractivity (Wildman–Crippen MR) is 92.9 cm³/mol. The second-order valence-corrected chi connectivity index (χ2v) is 5.64. The summed E-state index contributed by atoms with van der Waals surface area (Å²) in [5, 5.41) is 9.64. The van der Waals surface area contributed by atoms with Crippen molar-refractivity contribution in [2.75, 3.05) is 7.11 Å². The molecule has 6 heteroatoms. The van der Waals surface area contributed by atoms with Crippen LogP contribution < -0.4 is 10.1 Å². The van der Waals surface area contributed by atoms with Crippen LogP contribution in [0.3, 0.4) is 0 Å². The van der Waals surface area contributed by atoms with Crippen molar-refractivity contribution in [1.29, 1.82) is 0 Å². The largest absolute Gasteiger partial charge is 0.494 e. The number of benzene rings is 2. The third-order valence-corrected chi connectivity index (χ3v) is 3.98. The first-order valence-electron chi connectivity index (χ1n) is 7.82. The number of aromatic nitrogens is 2. The van der Waals surface area contributed by atoms with Gasteiger partial charge in [0.15, 0.2) is 11.6 Å². The van der Waals surface area contributed by atoms with Gasteiger partial charge in [0.2, 0.25) is 0 Å². The van der Waals surface area contributed by atoms with Crippen LogP contribution in [-0.2, 0) is 0 Å². The standard InChI is InChI=1S/C19H18FN3O2/c1-12(15-7-8-18(25-2)16(20)11-15)22-19(24)14-5-3-13(4-6-14)17-9-10-21-23-17/h3-12H,1-2H3,(H,21,23)(H,22,24). The fourth-order valence-corrected chi connectivity index (χ4v) is 2.53. The molecular weight excluding hydrogens is 321 g/mol. The quantitative estimate of drug-likeness (QED) is 0.744. The van der Waals surface area contributed by atoms with Crippen molar-refractivity contribution in [2.24, 2.45) is 0 Å². The Bertz CT molecular complexity index is 861. The number of aromatic amines is 1. The maximum atomic E-state index is 13.8. The highest BCUT2D eigenvalue weighted by Crippen LogP contribution is 2.22. The molecule has 5 nitrogen and oxygen atoms in total. The molecular formula is C19H18FN3O2. The third-order valence-electron chi connectivity index (χ3n) is 3.98. The first-order chi connectivity index (χ1) is 12.1. The molecule has 0 saturated carbocycles. The highest BCUT2D eigenvalue weighted by molar-refractivity contribution is 5.94. The van der Waals surface area contributed by atoms with Crippen LogP contribution in [0.15, 0.2) is 54.7 Å². The van der Waals surface area contributed by atoms with E-state index in [0.29, 0.717) is 11.1 Å². The lowest BCUT2D eigenvalue weighted by Gasteiger charge is -2.15. The van der Waals surface area contributed by atoms with Crippen LogP contribution in [0, 0.1) is 5.82 Å². The Balaban J connectivity index is 1.70. The number of hydrogen-bond donors (Lipinski definition) is 2. The van der Waals surface area contributed by atoms with Crippen LogP contribution in [0.5, 0.6) is 5.75 Å². The van der Waals surface area contributed by atoms with Crippen LogP contribution >= 0.6 is 0 Å². The lowest BCUT2D eigenvalue weighted by Crippen LogP contribution is -2.26. The van der Waals surface area contributed by atoms with E-state index < -0.39 is 5.82 Å².